The van der Waals surface area contributed by atoms with Crippen LogP contribution in [0.15, 0.2) is 24.3 Å². The zero-order valence-electron chi connectivity index (χ0n) is 11.8. The molecule has 2 aromatic rings. The van der Waals surface area contributed by atoms with E-state index < -0.39 is 0 Å². The number of nitrogens with zero attached hydrogens (tertiary/aromatic N) is 2. The van der Waals surface area contributed by atoms with Gasteiger partial charge in [0.15, 0.2) is 0 Å². The van der Waals surface area contributed by atoms with Gasteiger partial charge in [-0.25, -0.2) is 4.98 Å². The lowest BCUT2D eigenvalue weighted by Crippen LogP contribution is -2.27. The molecule has 4 heteroatoms. The number of aliphatic hydroxyl groups excluding tert-OH is 1. The molecule has 0 amide bonds. The second-order valence-corrected chi connectivity index (χ2v) is 4.86. The van der Waals surface area contributed by atoms with Crippen molar-refractivity contribution in [2.24, 2.45) is 0 Å². The second-order valence-electron chi connectivity index (χ2n) is 4.86. The van der Waals surface area contributed by atoms with Crippen LogP contribution >= 0.6 is 0 Å². The van der Waals surface area contributed by atoms with Crippen LogP contribution in [0.25, 0.3) is 11.0 Å². The topological polar surface area (TPSA) is 50.1 Å². The van der Waals surface area contributed by atoms with Gasteiger partial charge in [0.05, 0.1) is 23.7 Å². The lowest BCUT2D eigenvalue weighted by atomic mass is 10.3. The molecular formula is C15H23N3O. The molecule has 0 aliphatic heterocycles. The zero-order valence-corrected chi connectivity index (χ0v) is 11.8. The molecular weight excluding hydrogens is 238 g/mol. The van der Waals surface area contributed by atoms with E-state index in [1.165, 1.54) is 5.52 Å². The van der Waals surface area contributed by atoms with Crippen LogP contribution in [0.3, 0.4) is 0 Å². The van der Waals surface area contributed by atoms with Crippen LogP contribution in [0.4, 0.5) is 0 Å². The molecule has 0 bridgehead atoms. The van der Waals surface area contributed by atoms with Crippen LogP contribution in [0.5, 0.6) is 0 Å². The Morgan fingerprint density at radius 3 is 2.84 bits per heavy atom. The monoisotopic (exact) mass is 261 g/mol. The van der Waals surface area contributed by atoms with Gasteiger partial charge in [-0.1, -0.05) is 26.0 Å². The molecule has 0 spiro atoms. The molecule has 0 fully saturated rings. The van der Waals surface area contributed by atoms with Gasteiger partial charge in [0.2, 0.25) is 0 Å². The summed E-state index contributed by atoms with van der Waals surface area (Å²) in [5.41, 5.74) is 2.24. The highest BCUT2D eigenvalue weighted by atomic mass is 16.3. The molecule has 2 N–H and O–H groups in total. The van der Waals surface area contributed by atoms with Crippen molar-refractivity contribution in [3.05, 3.63) is 30.1 Å². The fraction of sp³-hybridized carbons (Fsp3) is 0.533. The highest BCUT2D eigenvalue weighted by Crippen LogP contribution is 2.16. The summed E-state index contributed by atoms with van der Waals surface area (Å²) >= 11 is 0. The first-order valence-corrected chi connectivity index (χ1v) is 7.09. The number of aryl methyl sites for hydroxylation is 1. The van der Waals surface area contributed by atoms with Gasteiger partial charge in [0, 0.05) is 13.1 Å². The summed E-state index contributed by atoms with van der Waals surface area (Å²) < 4.78 is 2.26. The largest absolute Gasteiger partial charge is 0.392 e. The lowest BCUT2D eigenvalue weighted by Gasteiger charge is -2.11. The smallest absolute Gasteiger partial charge is 0.123 e. The molecule has 0 saturated carbocycles. The number of hydrogen-bond acceptors (Lipinski definition) is 3. The Morgan fingerprint density at radius 2 is 2.11 bits per heavy atom. The summed E-state index contributed by atoms with van der Waals surface area (Å²) in [6, 6.07) is 8.23. The average Bonchev–Trinajstić information content (AvgIpc) is 2.77. The third-order valence-electron chi connectivity index (χ3n) is 3.32. The van der Waals surface area contributed by atoms with Crippen molar-refractivity contribution in [3.8, 4) is 0 Å². The molecule has 19 heavy (non-hydrogen) atoms. The van der Waals surface area contributed by atoms with Crippen LogP contribution in [-0.2, 0) is 13.1 Å². The molecule has 1 heterocycles. The van der Waals surface area contributed by atoms with Gasteiger partial charge in [0.1, 0.15) is 5.82 Å². The second kappa shape index (κ2) is 6.68. The van der Waals surface area contributed by atoms with Gasteiger partial charge in [-0.2, -0.15) is 0 Å². The van der Waals surface area contributed by atoms with Gasteiger partial charge in [0.25, 0.3) is 0 Å². The Bertz CT molecular complexity index is 521. The summed E-state index contributed by atoms with van der Waals surface area (Å²) in [5.74, 6) is 1.05. The van der Waals surface area contributed by atoms with Crippen molar-refractivity contribution in [2.45, 2.75) is 45.9 Å². The van der Waals surface area contributed by atoms with Crippen molar-refractivity contribution >= 4 is 11.0 Å². The Kier molecular flexibility index (Phi) is 4.93. The normalized spacial score (nSPS) is 13.0. The van der Waals surface area contributed by atoms with Gasteiger partial charge in [-0.3, -0.25) is 0 Å². The minimum absolute atomic E-state index is 0.274. The van der Waals surface area contributed by atoms with E-state index in [0.717, 1.165) is 30.7 Å². The number of hydrogen-bond donors (Lipinski definition) is 2. The number of benzene rings is 1. The van der Waals surface area contributed by atoms with E-state index in [1.54, 1.807) is 0 Å². The number of aliphatic hydroxyl groups is 1. The minimum Gasteiger partial charge on any atom is -0.392 e. The van der Waals surface area contributed by atoms with Crippen LogP contribution < -0.4 is 5.32 Å². The first-order valence-electron chi connectivity index (χ1n) is 7.09. The van der Waals surface area contributed by atoms with E-state index in [0.29, 0.717) is 13.1 Å². The van der Waals surface area contributed by atoms with E-state index in [9.17, 15) is 5.11 Å². The molecule has 0 saturated heterocycles. The summed E-state index contributed by atoms with van der Waals surface area (Å²) in [6.07, 6.45) is 1.59. The standard InChI is InChI=1S/C15H23N3O/c1-3-9-18-14-8-6-5-7-13(14)17-15(18)11-16-10-12(19)4-2/h5-8,12,16,19H,3-4,9-11H2,1-2H3. The number of fused-ring (bicyclic) bond motifs is 1. The van der Waals surface area contributed by atoms with Crippen LogP contribution in [-0.4, -0.2) is 27.3 Å². The quantitative estimate of drug-likeness (QED) is 0.804. The molecule has 1 aromatic heterocycles. The Hall–Kier alpha value is -1.39. The molecule has 2 rings (SSSR count). The maximum Gasteiger partial charge on any atom is 0.123 e. The molecule has 1 aromatic carbocycles. The summed E-state index contributed by atoms with van der Waals surface area (Å²) in [6.45, 7) is 6.46. The molecule has 0 aliphatic rings. The lowest BCUT2D eigenvalue weighted by molar-refractivity contribution is 0.166. The molecule has 1 atom stereocenters. The first kappa shape index (κ1) is 14.0. The van der Waals surface area contributed by atoms with Crippen LogP contribution in [0.1, 0.15) is 32.5 Å². The minimum atomic E-state index is -0.274. The highest BCUT2D eigenvalue weighted by molar-refractivity contribution is 5.75. The fourth-order valence-corrected chi connectivity index (χ4v) is 2.23. The third kappa shape index (κ3) is 3.33. The maximum absolute atomic E-state index is 9.56. The molecule has 4 nitrogen and oxygen atoms in total. The molecule has 104 valence electrons. The Morgan fingerprint density at radius 1 is 1.32 bits per heavy atom. The highest BCUT2D eigenvalue weighted by Gasteiger charge is 2.09. The zero-order chi connectivity index (χ0) is 13.7. The van der Waals surface area contributed by atoms with E-state index >= 15 is 0 Å². The predicted octanol–water partition coefficient (Wildman–Crippen LogP) is 2.31. The Labute approximate surface area is 114 Å². The number of imidazole rings is 1. The SMILES string of the molecule is CCCn1c(CNCC(O)CC)nc2ccccc21. The van der Waals surface area contributed by atoms with Crippen molar-refractivity contribution in [1.82, 2.24) is 14.9 Å². The maximum atomic E-state index is 9.56. The van der Waals surface area contributed by atoms with Crippen molar-refractivity contribution < 1.29 is 5.11 Å². The van der Waals surface area contributed by atoms with E-state index in [1.807, 2.05) is 25.1 Å². The average molecular weight is 261 g/mol. The van der Waals surface area contributed by atoms with Gasteiger partial charge in [-0.15, -0.1) is 0 Å². The van der Waals surface area contributed by atoms with E-state index in [4.69, 9.17) is 0 Å². The number of rotatable bonds is 7. The molecule has 0 aliphatic carbocycles. The summed E-state index contributed by atoms with van der Waals surface area (Å²) in [7, 11) is 0. The van der Waals surface area contributed by atoms with E-state index in [2.05, 4.69) is 27.9 Å². The van der Waals surface area contributed by atoms with Crippen molar-refractivity contribution in [3.63, 3.8) is 0 Å². The van der Waals surface area contributed by atoms with E-state index in [-0.39, 0.29) is 6.10 Å². The number of nitrogens with one attached hydrogen (secondary N) is 1. The summed E-state index contributed by atoms with van der Waals surface area (Å²) in [4.78, 5) is 4.67. The fourth-order valence-electron chi connectivity index (χ4n) is 2.23. The van der Waals surface area contributed by atoms with Gasteiger partial charge in [-0.05, 0) is 25.0 Å². The summed E-state index contributed by atoms with van der Waals surface area (Å²) in [5, 5.41) is 12.8. The molecule has 1 unspecified atom stereocenters. The van der Waals surface area contributed by atoms with Crippen molar-refractivity contribution in [2.75, 3.05) is 6.54 Å². The van der Waals surface area contributed by atoms with Gasteiger partial charge >= 0.3 is 0 Å². The third-order valence-corrected chi connectivity index (χ3v) is 3.32. The van der Waals surface area contributed by atoms with Crippen LogP contribution in [0, 0.1) is 0 Å². The predicted molar refractivity (Wildman–Crippen MR) is 78.0 cm³/mol. The molecule has 0 radical (unpaired) electrons. The number of aromatic nitrogens is 2. The Balaban J connectivity index is 2.14. The van der Waals surface area contributed by atoms with Gasteiger partial charge < -0.3 is 15.0 Å². The van der Waals surface area contributed by atoms with Crippen molar-refractivity contribution in [1.29, 1.82) is 0 Å². The first-order chi connectivity index (χ1) is 9.26. The van der Waals surface area contributed by atoms with Crippen LogP contribution in [0.2, 0.25) is 0 Å². The number of para-hydroxylation sites is 2.